The van der Waals surface area contributed by atoms with E-state index in [1.54, 1.807) is 0 Å². The summed E-state index contributed by atoms with van der Waals surface area (Å²) in [5, 5.41) is 3.14. The third-order valence-corrected chi connectivity index (χ3v) is 4.22. The quantitative estimate of drug-likeness (QED) is 0.158. The Balaban J connectivity index is 0.000000403. The van der Waals surface area contributed by atoms with E-state index in [1.807, 2.05) is 50.5 Å². The number of nitrogens with two attached hydrogens (primary N) is 1. The molecular weight excluding hydrogens is 386 g/mol. The lowest BCUT2D eigenvalue weighted by atomic mass is 10.1. The van der Waals surface area contributed by atoms with Crippen LogP contribution in [0.3, 0.4) is 0 Å². The first kappa shape index (κ1) is 20.0. The van der Waals surface area contributed by atoms with Gasteiger partial charge in [-0.15, -0.1) is 10.2 Å². The van der Waals surface area contributed by atoms with Crippen molar-refractivity contribution in [3.63, 3.8) is 0 Å². The number of aryl methyl sites for hydroxylation is 1. The fraction of sp³-hybridized carbons (Fsp3) is 0.158. The number of nitrogens with zero attached hydrogens (tertiary/aromatic N) is 2. The molecule has 0 spiro atoms. The van der Waals surface area contributed by atoms with Crippen LogP contribution in [0.2, 0.25) is 0 Å². The molecule has 2 aliphatic rings. The Kier molecular flexibility index (Phi) is 5.24. The lowest BCUT2D eigenvalue weighted by Crippen LogP contribution is -2.68. The third kappa shape index (κ3) is 4.22. The molecule has 1 aliphatic heterocycles. The van der Waals surface area contributed by atoms with Crippen LogP contribution in [0.5, 0.6) is 0 Å². The topological polar surface area (TPSA) is 147 Å². The summed E-state index contributed by atoms with van der Waals surface area (Å²) in [6, 6.07) is 14.0. The maximum absolute atomic E-state index is 8.49. The molecule has 28 heavy (non-hydrogen) atoms. The lowest BCUT2D eigenvalue weighted by molar-refractivity contribution is -2.00. The number of fused-ring (bicyclic) bond motifs is 4. The van der Waals surface area contributed by atoms with Gasteiger partial charge in [-0.3, -0.25) is 0 Å². The standard InChI is InChI=1S/C19H17N3O.ClHO4/c1-11-8-15-17(10-16(11)22(2)3)23-18-9-14(20)12-6-4-5-7-13(12)19(18)21-15;2-1(3,4)5/h4-10,20H,1-3H3;(H,2,3,4,5). The number of nitrogen functional groups attached to an aromatic ring is 1. The average Bonchev–Trinajstić information content (AvgIpc) is 2.59. The average molecular weight is 404 g/mol. The summed E-state index contributed by atoms with van der Waals surface area (Å²) in [6.45, 7) is 2.09. The van der Waals surface area contributed by atoms with Gasteiger partial charge in [0, 0.05) is 28.1 Å². The fourth-order valence-electron chi connectivity index (χ4n) is 3.11. The summed E-state index contributed by atoms with van der Waals surface area (Å²) < 4.78 is 42.2. The van der Waals surface area contributed by atoms with Gasteiger partial charge in [0.2, 0.25) is 5.36 Å². The van der Waals surface area contributed by atoms with E-state index in [2.05, 4.69) is 17.6 Å². The van der Waals surface area contributed by atoms with Crippen LogP contribution in [0.4, 0.5) is 5.69 Å². The zero-order valence-electron chi connectivity index (χ0n) is 15.4. The molecule has 4 rings (SSSR count). The Morgan fingerprint density at radius 3 is 2.21 bits per heavy atom. The van der Waals surface area contributed by atoms with Gasteiger partial charge in [0.1, 0.15) is 25.3 Å². The predicted octanol–water partition coefficient (Wildman–Crippen LogP) is -1.75. The monoisotopic (exact) mass is 403 g/mol. The minimum absolute atomic E-state index is 0.706. The van der Waals surface area contributed by atoms with Crippen LogP contribution < -0.4 is 34.3 Å². The maximum atomic E-state index is 8.49. The number of anilines is 1. The number of aromatic nitrogens is 1. The van der Waals surface area contributed by atoms with Gasteiger partial charge in [0.05, 0.1) is 6.07 Å². The molecule has 0 radical (unpaired) electrons. The lowest BCUT2D eigenvalue weighted by Gasteiger charge is -2.17. The summed E-state index contributed by atoms with van der Waals surface area (Å²) in [7, 11) is -0.901. The van der Waals surface area contributed by atoms with E-state index in [4.69, 9.17) is 33.8 Å². The van der Waals surface area contributed by atoms with Crippen molar-refractivity contribution >= 4 is 27.6 Å². The molecule has 1 aliphatic carbocycles. The Morgan fingerprint density at radius 2 is 1.61 bits per heavy atom. The smallest absolute Gasteiger partial charge is 0.206 e. The highest BCUT2D eigenvalue weighted by Gasteiger charge is 2.15. The van der Waals surface area contributed by atoms with Crippen LogP contribution >= 0.6 is 0 Å². The summed E-state index contributed by atoms with van der Waals surface area (Å²) in [4.78, 5) is 4.84. The third-order valence-electron chi connectivity index (χ3n) is 4.22. The number of benzene rings is 3. The second-order valence-corrected chi connectivity index (χ2v) is 7.21. The molecule has 9 heteroatoms. The normalized spacial score (nSPS) is 11.5. The second kappa shape index (κ2) is 7.34. The van der Waals surface area contributed by atoms with Gasteiger partial charge in [0.25, 0.3) is 0 Å². The highest BCUT2D eigenvalue weighted by Crippen LogP contribution is 2.32. The first-order chi connectivity index (χ1) is 13.0. The van der Waals surface area contributed by atoms with E-state index in [0.29, 0.717) is 11.3 Å². The highest BCUT2D eigenvalue weighted by atomic mass is 35.7. The molecule has 0 atom stereocenters. The van der Waals surface area contributed by atoms with Crippen LogP contribution in [0.25, 0.3) is 33.3 Å². The zero-order chi connectivity index (χ0) is 20.6. The van der Waals surface area contributed by atoms with E-state index in [-0.39, 0.29) is 0 Å². The van der Waals surface area contributed by atoms with E-state index in [0.717, 1.165) is 33.1 Å². The first-order valence-electron chi connectivity index (χ1n) is 8.19. The Bertz CT molecular complexity index is 1200. The number of hydrogen-bond donors (Lipinski definition) is 1. The second-order valence-electron chi connectivity index (χ2n) is 6.45. The van der Waals surface area contributed by atoms with Crippen LogP contribution in [0.1, 0.15) is 5.56 Å². The molecule has 8 nitrogen and oxygen atoms in total. The highest BCUT2D eigenvalue weighted by molar-refractivity contribution is 6.09. The van der Waals surface area contributed by atoms with Gasteiger partial charge in [-0.2, -0.15) is 0 Å². The molecule has 0 unspecified atom stereocenters. The molecule has 0 aromatic heterocycles. The fourth-order valence-corrected chi connectivity index (χ4v) is 3.11. The van der Waals surface area contributed by atoms with Gasteiger partial charge in [-0.1, -0.05) is 24.3 Å². The Labute approximate surface area is 162 Å². The predicted molar refractivity (Wildman–Crippen MR) is 94.4 cm³/mol. The molecule has 0 amide bonds. The van der Waals surface area contributed by atoms with Gasteiger partial charge in [-0.25, -0.2) is 28.2 Å². The molecule has 2 aromatic rings. The van der Waals surface area contributed by atoms with Crippen LogP contribution in [-0.2, 0) is 0 Å². The SMILES string of the molecule is Cc1cc2nc3c(cc(N)c4ccccc43)oc-2cc1=[N+](C)C.[O-][Cl+3]([O-])([O-])[O-]. The van der Waals surface area contributed by atoms with Crippen LogP contribution in [0, 0.1) is 17.2 Å². The number of halogens is 1. The van der Waals surface area contributed by atoms with Crippen molar-refractivity contribution in [1.82, 2.24) is 9.56 Å². The summed E-state index contributed by atoms with van der Waals surface area (Å²) in [5.74, 6) is 0.765. The molecule has 2 aromatic carbocycles. The minimum Gasteiger partial charge on any atom is -0.452 e. The summed E-state index contributed by atoms with van der Waals surface area (Å²) in [6.07, 6.45) is 0. The van der Waals surface area contributed by atoms with E-state index in [9.17, 15) is 0 Å². The van der Waals surface area contributed by atoms with Crippen molar-refractivity contribution in [3.8, 4) is 11.5 Å². The molecule has 1 heterocycles. The first-order valence-corrected chi connectivity index (χ1v) is 9.42. The largest absolute Gasteiger partial charge is 0.452 e. The molecule has 0 bridgehead atoms. The van der Waals surface area contributed by atoms with Crippen molar-refractivity contribution in [2.24, 2.45) is 0 Å². The van der Waals surface area contributed by atoms with Crippen molar-refractivity contribution in [2.45, 2.75) is 6.92 Å². The van der Waals surface area contributed by atoms with Gasteiger partial charge in [-0.05, 0) is 13.0 Å². The van der Waals surface area contributed by atoms with Crippen molar-refractivity contribution in [3.05, 3.63) is 53.4 Å². The molecule has 0 saturated heterocycles. The van der Waals surface area contributed by atoms with Gasteiger partial charge >= 0.3 is 0 Å². The number of hydrogen-bond acceptors (Lipinski definition) is 7. The summed E-state index contributed by atoms with van der Waals surface area (Å²) in [5.41, 5.74) is 10.5. The molecule has 0 saturated carbocycles. The van der Waals surface area contributed by atoms with E-state index < -0.39 is 10.2 Å². The molecule has 146 valence electrons. The van der Waals surface area contributed by atoms with Crippen molar-refractivity contribution < 1.29 is 33.3 Å². The molecular formula is C19H18ClN3O5. The maximum Gasteiger partial charge on any atom is 0.206 e. The minimum atomic E-state index is -4.94. The van der Waals surface area contributed by atoms with E-state index in [1.165, 1.54) is 5.56 Å². The van der Waals surface area contributed by atoms with Gasteiger partial charge in [0.15, 0.2) is 11.3 Å². The zero-order valence-corrected chi connectivity index (χ0v) is 16.2. The van der Waals surface area contributed by atoms with Crippen LogP contribution in [-0.4, -0.2) is 19.1 Å². The van der Waals surface area contributed by atoms with Crippen LogP contribution in [0.15, 0.2) is 46.9 Å². The number of rotatable bonds is 0. The Morgan fingerprint density at radius 1 is 1.00 bits per heavy atom. The van der Waals surface area contributed by atoms with Gasteiger partial charge < -0.3 is 10.2 Å². The van der Waals surface area contributed by atoms with Crippen molar-refractivity contribution in [1.29, 1.82) is 0 Å². The Hall–Kier alpha value is -2.75. The molecule has 2 N–H and O–H groups in total. The summed E-state index contributed by atoms with van der Waals surface area (Å²) >= 11 is 0. The molecule has 0 fully saturated rings. The van der Waals surface area contributed by atoms with E-state index >= 15 is 0 Å². The van der Waals surface area contributed by atoms with Crippen molar-refractivity contribution in [2.75, 3.05) is 19.8 Å².